The molecule has 80 valence electrons. The molecule has 14 heavy (non-hydrogen) atoms. The van der Waals surface area contributed by atoms with Gasteiger partial charge in [-0.2, -0.15) is 0 Å². The highest BCUT2D eigenvalue weighted by molar-refractivity contribution is 5.83. The second-order valence-corrected chi connectivity index (χ2v) is 4.69. The maximum absolute atomic E-state index is 11.7. The van der Waals surface area contributed by atoms with Gasteiger partial charge in [-0.3, -0.25) is 4.79 Å². The van der Waals surface area contributed by atoms with E-state index in [1.54, 1.807) is 7.11 Å². The second kappa shape index (κ2) is 4.43. The van der Waals surface area contributed by atoms with Gasteiger partial charge in [0.05, 0.1) is 6.10 Å². The Balaban J connectivity index is 2.02. The third kappa shape index (κ3) is 1.85. The first-order valence-electron chi connectivity index (χ1n) is 5.88. The fourth-order valence-corrected chi connectivity index (χ4v) is 3.17. The van der Waals surface area contributed by atoms with Crippen LogP contribution in [0.4, 0.5) is 0 Å². The number of methoxy groups -OCH3 is 1. The zero-order chi connectivity index (χ0) is 9.97. The van der Waals surface area contributed by atoms with Crippen molar-refractivity contribution in [3.05, 3.63) is 0 Å². The van der Waals surface area contributed by atoms with Gasteiger partial charge in [0.1, 0.15) is 5.78 Å². The number of hydrogen-bond acceptors (Lipinski definition) is 2. The average Bonchev–Trinajstić information content (AvgIpc) is 2.64. The number of rotatable bonds is 2. The van der Waals surface area contributed by atoms with Crippen LogP contribution in [0.5, 0.6) is 0 Å². The van der Waals surface area contributed by atoms with Crippen molar-refractivity contribution in [2.45, 2.75) is 51.0 Å². The molecule has 0 heterocycles. The van der Waals surface area contributed by atoms with E-state index in [4.69, 9.17) is 4.74 Å². The van der Waals surface area contributed by atoms with Crippen LogP contribution in [0.2, 0.25) is 0 Å². The summed E-state index contributed by atoms with van der Waals surface area (Å²) in [5, 5.41) is 0. The predicted octanol–water partition coefficient (Wildman–Crippen LogP) is 2.56. The number of carbonyl (C=O) groups excluding carboxylic acids is 1. The Morgan fingerprint density at radius 3 is 2.57 bits per heavy atom. The lowest BCUT2D eigenvalue weighted by atomic mass is 9.77. The van der Waals surface area contributed by atoms with Crippen molar-refractivity contribution in [1.82, 2.24) is 0 Å². The van der Waals surface area contributed by atoms with E-state index in [2.05, 4.69) is 0 Å². The van der Waals surface area contributed by atoms with E-state index in [1.807, 2.05) is 0 Å². The largest absolute Gasteiger partial charge is 0.381 e. The van der Waals surface area contributed by atoms with Crippen LogP contribution in [0, 0.1) is 11.8 Å². The Morgan fingerprint density at radius 1 is 1.14 bits per heavy atom. The molecule has 2 aliphatic carbocycles. The molecule has 0 aromatic carbocycles. The molecule has 0 saturated heterocycles. The van der Waals surface area contributed by atoms with Crippen LogP contribution in [0.25, 0.3) is 0 Å². The van der Waals surface area contributed by atoms with E-state index < -0.39 is 0 Å². The van der Waals surface area contributed by atoms with Gasteiger partial charge in [0, 0.05) is 19.4 Å². The van der Waals surface area contributed by atoms with Gasteiger partial charge < -0.3 is 4.74 Å². The molecule has 0 aromatic heterocycles. The smallest absolute Gasteiger partial charge is 0.136 e. The normalized spacial score (nSPS) is 38.9. The van der Waals surface area contributed by atoms with Crippen molar-refractivity contribution < 1.29 is 9.53 Å². The van der Waals surface area contributed by atoms with E-state index in [0.29, 0.717) is 23.7 Å². The van der Waals surface area contributed by atoms with Gasteiger partial charge in [0.2, 0.25) is 0 Å². The summed E-state index contributed by atoms with van der Waals surface area (Å²) < 4.78 is 5.51. The summed E-state index contributed by atoms with van der Waals surface area (Å²) in [5.74, 6) is 1.36. The summed E-state index contributed by atoms with van der Waals surface area (Å²) in [6, 6.07) is 0. The van der Waals surface area contributed by atoms with Crippen LogP contribution in [-0.2, 0) is 9.53 Å². The highest BCUT2D eigenvalue weighted by atomic mass is 16.5. The molecular weight excluding hydrogens is 176 g/mol. The summed E-state index contributed by atoms with van der Waals surface area (Å²) in [7, 11) is 1.79. The second-order valence-electron chi connectivity index (χ2n) is 4.69. The zero-order valence-electron chi connectivity index (χ0n) is 9.00. The third-order valence-corrected chi connectivity index (χ3v) is 3.93. The molecule has 0 N–H and O–H groups in total. The Hall–Kier alpha value is -0.370. The predicted molar refractivity (Wildman–Crippen MR) is 55.1 cm³/mol. The van der Waals surface area contributed by atoms with E-state index >= 15 is 0 Å². The van der Waals surface area contributed by atoms with Crippen molar-refractivity contribution in [1.29, 1.82) is 0 Å². The molecule has 1 unspecified atom stereocenters. The van der Waals surface area contributed by atoms with Crippen molar-refractivity contribution >= 4 is 5.78 Å². The van der Waals surface area contributed by atoms with Crippen molar-refractivity contribution in [3.8, 4) is 0 Å². The number of carbonyl (C=O) groups is 1. The first kappa shape index (κ1) is 10.2. The minimum Gasteiger partial charge on any atom is -0.381 e. The SMILES string of the molecule is CO[C@@H]1CCCC[C@@H]1C1CCCC1=O. The summed E-state index contributed by atoms with van der Waals surface area (Å²) in [6.07, 6.45) is 8.32. The summed E-state index contributed by atoms with van der Waals surface area (Å²) in [4.78, 5) is 11.7. The van der Waals surface area contributed by atoms with Gasteiger partial charge in [-0.15, -0.1) is 0 Å². The van der Waals surface area contributed by atoms with E-state index in [1.165, 1.54) is 19.3 Å². The van der Waals surface area contributed by atoms with Gasteiger partial charge in [0.25, 0.3) is 0 Å². The fourth-order valence-electron chi connectivity index (χ4n) is 3.17. The van der Waals surface area contributed by atoms with Gasteiger partial charge in [-0.05, 0) is 31.6 Å². The standard InChI is InChI=1S/C12H20O2/c1-14-12-8-3-2-5-10(12)9-6-4-7-11(9)13/h9-10,12H,2-8H2,1H3/t9?,10-,12-/m1/s1. The topological polar surface area (TPSA) is 26.3 Å². The molecule has 2 saturated carbocycles. The van der Waals surface area contributed by atoms with Crippen LogP contribution < -0.4 is 0 Å². The lowest BCUT2D eigenvalue weighted by molar-refractivity contribution is -0.124. The highest BCUT2D eigenvalue weighted by Gasteiger charge is 2.37. The molecule has 0 spiro atoms. The highest BCUT2D eigenvalue weighted by Crippen LogP contribution is 2.38. The molecule has 2 aliphatic rings. The zero-order valence-corrected chi connectivity index (χ0v) is 9.00. The minimum atomic E-state index is 0.334. The van der Waals surface area contributed by atoms with Gasteiger partial charge in [-0.25, -0.2) is 0 Å². The Kier molecular flexibility index (Phi) is 3.22. The van der Waals surface area contributed by atoms with E-state index in [0.717, 1.165) is 25.7 Å². The quantitative estimate of drug-likeness (QED) is 0.678. The summed E-state index contributed by atoms with van der Waals surface area (Å²) in [6.45, 7) is 0. The van der Waals surface area contributed by atoms with Crippen molar-refractivity contribution in [2.24, 2.45) is 11.8 Å². The third-order valence-electron chi connectivity index (χ3n) is 3.93. The van der Waals surface area contributed by atoms with Crippen LogP contribution in [0.1, 0.15) is 44.9 Å². The molecule has 2 heteroatoms. The number of ether oxygens (including phenoxy) is 1. The Morgan fingerprint density at radius 2 is 1.93 bits per heavy atom. The molecule has 0 amide bonds. The maximum Gasteiger partial charge on any atom is 0.136 e. The van der Waals surface area contributed by atoms with E-state index in [9.17, 15) is 4.79 Å². The summed E-state index contributed by atoms with van der Waals surface area (Å²) in [5.41, 5.74) is 0. The van der Waals surface area contributed by atoms with Crippen LogP contribution in [-0.4, -0.2) is 19.0 Å². The fraction of sp³-hybridized carbons (Fsp3) is 0.917. The number of hydrogen-bond donors (Lipinski definition) is 0. The molecule has 0 aromatic rings. The van der Waals surface area contributed by atoms with Crippen LogP contribution in [0.3, 0.4) is 0 Å². The molecule has 2 fully saturated rings. The molecule has 2 rings (SSSR count). The van der Waals surface area contributed by atoms with Crippen LogP contribution in [0.15, 0.2) is 0 Å². The van der Waals surface area contributed by atoms with Crippen LogP contribution >= 0.6 is 0 Å². The summed E-state index contributed by atoms with van der Waals surface area (Å²) >= 11 is 0. The number of Topliss-reactive ketones (excluding diaryl/α,β-unsaturated/α-hetero) is 1. The maximum atomic E-state index is 11.7. The molecule has 3 atom stereocenters. The van der Waals surface area contributed by atoms with Gasteiger partial charge in [-0.1, -0.05) is 12.8 Å². The minimum absolute atomic E-state index is 0.334. The van der Waals surface area contributed by atoms with Crippen molar-refractivity contribution in [2.75, 3.05) is 7.11 Å². The number of ketones is 1. The first-order chi connectivity index (χ1) is 6.83. The average molecular weight is 196 g/mol. The van der Waals surface area contributed by atoms with E-state index in [-0.39, 0.29) is 0 Å². The molecule has 2 nitrogen and oxygen atoms in total. The van der Waals surface area contributed by atoms with Gasteiger partial charge in [0.15, 0.2) is 0 Å². The monoisotopic (exact) mass is 196 g/mol. The molecule has 0 bridgehead atoms. The van der Waals surface area contributed by atoms with Gasteiger partial charge >= 0.3 is 0 Å². The first-order valence-corrected chi connectivity index (χ1v) is 5.88. The molecule has 0 radical (unpaired) electrons. The van der Waals surface area contributed by atoms with Crippen molar-refractivity contribution in [3.63, 3.8) is 0 Å². The Labute approximate surface area is 86.0 Å². The Bertz CT molecular complexity index is 212. The molecule has 0 aliphatic heterocycles. The lowest BCUT2D eigenvalue weighted by Gasteiger charge is -2.33. The lowest BCUT2D eigenvalue weighted by Crippen LogP contribution is -2.34. The molecular formula is C12H20O2.